The van der Waals surface area contributed by atoms with Crippen LogP contribution in [0.5, 0.6) is 0 Å². The minimum absolute atomic E-state index is 0.165. The molecule has 0 radical (unpaired) electrons. The summed E-state index contributed by atoms with van der Waals surface area (Å²) in [7, 11) is 0. The third-order valence-electron chi connectivity index (χ3n) is 3.01. The topological polar surface area (TPSA) is 104 Å². The van der Waals surface area contributed by atoms with Crippen LogP contribution in [0.25, 0.3) is 11.1 Å². The number of furan rings is 1. The molecule has 7 nitrogen and oxygen atoms in total. The summed E-state index contributed by atoms with van der Waals surface area (Å²) in [6, 6.07) is 1.86. The molecule has 0 aromatic carbocycles. The number of nitrogens with one attached hydrogen (secondary N) is 3. The molecule has 0 spiro atoms. The number of rotatable bonds is 3. The Hall–Kier alpha value is -2.83. The molecule has 20 heavy (non-hydrogen) atoms. The van der Waals surface area contributed by atoms with E-state index in [0.717, 1.165) is 5.56 Å². The van der Waals surface area contributed by atoms with Crippen LogP contribution in [0.15, 0.2) is 34.0 Å². The third kappa shape index (κ3) is 1.99. The fraction of sp³-hybridized carbons (Fsp3) is 0.154. The van der Waals surface area contributed by atoms with Crippen LogP contribution in [-0.4, -0.2) is 20.9 Å². The van der Waals surface area contributed by atoms with E-state index < -0.39 is 5.56 Å². The zero-order chi connectivity index (χ0) is 14.1. The zero-order valence-electron chi connectivity index (χ0n) is 10.7. The van der Waals surface area contributed by atoms with E-state index in [9.17, 15) is 9.59 Å². The molecule has 0 bridgehead atoms. The Balaban J connectivity index is 1.95. The third-order valence-corrected chi connectivity index (χ3v) is 3.01. The summed E-state index contributed by atoms with van der Waals surface area (Å²) < 4.78 is 5.34. The van der Waals surface area contributed by atoms with Crippen molar-refractivity contribution in [3.8, 4) is 0 Å². The molecule has 3 heterocycles. The van der Waals surface area contributed by atoms with E-state index in [1.807, 2.05) is 6.07 Å². The zero-order valence-corrected chi connectivity index (χ0v) is 10.7. The number of carbonyl (C=O) groups is 1. The van der Waals surface area contributed by atoms with Crippen molar-refractivity contribution in [2.24, 2.45) is 0 Å². The predicted molar refractivity (Wildman–Crippen MR) is 71.3 cm³/mol. The summed E-state index contributed by atoms with van der Waals surface area (Å²) in [5.74, 6) is 0.0109. The Morgan fingerprint density at radius 3 is 3.10 bits per heavy atom. The molecule has 7 heteroatoms. The molecule has 0 aliphatic heterocycles. The Bertz CT molecular complexity index is 814. The van der Waals surface area contributed by atoms with E-state index in [-0.39, 0.29) is 22.6 Å². The van der Waals surface area contributed by atoms with Crippen LogP contribution in [0.4, 0.5) is 0 Å². The maximum Gasteiger partial charge on any atom is 0.262 e. The highest BCUT2D eigenvalue weighted by Crippen LogP contribution is 2.20. The van der Waals surface area contributed by atoms with Crippen LogP contribution in [0, 0.1) is 6.92 Å². The second kappa shape index (κ2) is 4.69. The predicted octanol–water partition coefficient (Wildman–Crippen LogP) is 1.08. The quantitative estimate of drug-likeness (QED) is 0.663. The van der Waals surface area contributed by atoms with E-state index in [0.29, 0.717) is 12.3 Å². The summed E-state index contributed by atoms with van der Waals surface area (Å²) in [4.78, 5) is 33.3. The van der Waals surface area contributed by atoms with E-state index >= 15 is 0 Å². The summed E-state index contributed by atoms with van der Waals surface area (Å²) in [5, 5.41) is 2.93. The maximum absolute atomic E-state index is 12.2. The average Bonchev–Trinajstić information content (AvgIpc) is 3.03. The fourth-order valence-corrected chi connectivity index (χ4v) is 2.07. The molecule has 3 rings (SSSR count). The SMILES string of the molecule is Cc1oc2nc[nH]c(=O)c2c1C(=O)NCc1cc[nH]c1. The van der Waals surface area contributed by atoms with Gasteiger partial charge in [0.15, 0.2) is 0 Å². The largest absolute Gasteiger partial charge is 0.442 e. The van der Waals surface area contributed by atoms with E-state index in [1.165, 1.54) is 6.33 Å². The number of aromatic nitrogens is 3. The lowest BCUT2D eigenvalue weighted by molar-refractivity contribution is 0.0951. The lowest BCUT2D eigenvalue weighted by Crippen LogP contribution is -2.24. The summed E-state index contributed by atoms with van der Waals surface area (Å²) in [6.07, 6.45) is 4.80. The Labute approximate surface area is 113 Å². The van der Waals surface area contributed by atoms with Gasteiger partial charge >= 0.3 is 0 Å². The first-order chi connectivity index (χ1) is 9.66. The van der Waals surface area contributed by atoms with Crippen molar-refractivity contribution in [2.45, 2.75) is 13.5 Å². The van der Waals surface area contributed by atoms with Gasteiger partial charge < -0.3 is 19.7 Å². The van der Waals surface area contributed by atoms with Crippen LogP contribution >= 0.6 is 0 Å². The highest BCUT2D eigenvalue weighted by atomic mass is 16.3. The molecular formula is C13H12N4O3. The Kier molecular flexibility index (Phi) is 2.86. The second-order valence-electron chi connectivity index (χ2n) is 4.35. The van der Waals surface area contributed by atoms with Crippen molar-refractivity contribution in [3.63, 3.8) is 0 Å². The summed E-state index contributed by atoms with van der Waals surface area (Å²) in [6.45, 7) is 2.00. The minimum Gasteiger partial charge on any atom is -0.442 e. The van der Waals surface area contributed by atoms with Crippen molar-refractivity contribution in [1.29, 1.82) is 0 Å². The number of H-pyrrole nitrogens is 2. The van der Waals surface area contributed by atoms with Crippen molar-refractivity contribution in [1.82, 2.24) is 20.3 Å². The van der Waals surface area contributed by atoms with Crippen molar-refractivity contribution >= 4 is 17.0 Å². The maximum atomic E-state index is 12.2. The van der Waals surface area contributed by atoms with Crippen molar-refractivity contribution < 1.29 is 9.21 Å². The average molecular weight is 272 g/mol. The molecule has 0 aliphatic rings. The van der Waals surface area contributed by atoms with Gasteiger partial charge in [-0.2, -0.15) is 0 Å². The number of hydrogen-bond donors (Lipinski definition) is 3. The number of aryl methyl sites for hydroxylation is 1. The molecule has 102 valence electrons. The van der Waals surface area contributed by atoms with E-state index in [2.05, 4.69) is 20.3 Å². The number of nitrogens with zero attached hydrogens (tertiary/aromatic N) is 1. The number of carbonyl (C=O) groups excluding carboxylic acids is 1. The minimum atomic E-state index is -0.390. The van der Waals surface area contributed by atoms with E-state index in [1.54, 1.807) is 19.3 Å². The van der Waals surface area contributed by atoms with E-state index in [4.69, 9.17) is 4.42 Å². The lowest BCUT2D eigenvalue weighted by atomic mass is 10.1. The highest BCUT2D eigenvalue weighted by molar-refractivity contribution is 6.06. The van der Waals surface area contributed by atoms with Crippen LogP contribution in [0.2, 0.25) is 0 Å². The molecule has 0 atom stereocenters. The standard InChI is InChI=1S/C13H12N4O3/c1-7-9(10-12(19)16-6-17-13(10)20-7)11(18)15-5-8-2-3-14-4-8/h2-4,6,14H,5H2,1H3,(H,15,18)(H,16,17,19). The first-order valence-corrected chi connectivity index (χ1v) is 6.03. The van der Waals surface area contributed by atoms with Gasteiger partial charge in [0, 0.05) is 18.9 Å². The van der Waals surface area contributed by atoms with Crippen LogP contribution in [-0.2, 0) is 6.54 Å². The molecule has 1 amide bonds. The molecule has 0 fully saturated rings. The number of fused-ring (bicyclic) bond motifs is 1. The molecule has 0 aliphatic carbocycles. The monoisotopic (exact) mass is 272 g/mol. The number of aromatic amines is 2. The van der Waals surface area contributed by atoms with Gasteiger partial charge in [0.05, 0.1) is 11.9 Å². The molecule has 0 unspecified atom stereocenters. The van der Waals surface area contributed by atoms with Gasteiger partial charge in [-0.15, -0.1) is 0 Å². The molecule has 0 saturated carbocycles. The van der Waals surface area contributed by atoms with Gasteiger partial charge in [0.2, 0.25) is 5.71 Å². The van der Waals surface area contributed by atoms with Gasteiger partial charge in [-0.1, -0.05) is 0 Å². The van der Waals surface area contributed by atoms with Gasteiger partial charge in [-0.25, -0.2) is 4.98 Å². The first-order valence-electron chi connectivity index (χ1n) is 6.03. The molecule has 3 aromatic heterocycles. The van der Waals surface area contributed by atoms with Crippen molar-refractivity contribution in [3.05, 3.63) is 52.0 Å². The molecular weight excluding hydrogens is 260 g/mol. The summed E-state index contributed by atoms with van der Waals surface area (Å²) >= 11 is 0. The highest BCUT2D eigenvalue weighted by Gasteiger charge is 2.21. The van der Waals surface area contributed by atoms with Crippen LogP contribution < -0.4 is 10.9 Å². The van der Waals surface area contributed by atoms with Gasteiger partial charge in [0.1, 0.15) is 11.1 Å². The lowest BCUT2D eigenvalue weighted by Gasteiger charge is -2.02. The second-order valence-corrected chi connectivity index (χ2v) is 4.35. The number of amides is 1. The molecule has 3 N–H and O–H groups in total. The smallest absolute Gasteiger partial charge is 0.262 e. The van der Waals surface area contributed by atoms with Crippen LogP contribution in [0.1, 0.15) is 21.7 Å². The van der Waals surface area contributed by atoms with Crippen molar-refractivity contribution in [2.75, 3.05) is 0 Å². The fourth-order valence-electron chi connectivity index (χ4n) is 2.07. The Morgan fingerprint density at radius 2 is 2.35 bits per heavy atom. The Morgan fingerprint density at radius 1 is 1.50 bits per heavy atom. The van der Waals surface area contributed by atoms with Gasteiger partial charge in [-0.3, -0.25) is 9.59 Å². The first kappa shape index (κ1) is 12.2. The summed E-state index contributed by atoms with van der Waals surface area (Å²) in [5.41, 5.74) is 0.942. The molecule has 3 aromatic rings. The van der Waals surface area contributed by atoms with Crippen LogP contribution in [0.3, 0.4) is 0 Å². The normalized spacial score (nSPS) is 10.8. The van der Waals surface area contributed by atoms with Gasteiger partial charge in [-0.05, 0) is 18.6 Å². The number of hydrogen-bond acceptors (Lipinski definition) is 4. The molecule has 0 saturated heterocycles. The van der Waals surface area contributed by atoms with Gasteiger partial charge in [0.25, 0.3) is 11.5 Å².